The number of benzene rings is 2. The zero-order chi connectivity index (χ0) is 13.5. The molecule has 2 N–H and O–H groups in total. The van der Waals surface area contributed by atoms with Gasteiger partial charge in [-0.2, -0.15) is 0 Å². The van der Waals surface area contributed by atoms with E-state index in [1.807, 2.05) is 54.6 Å². The second-order valence-electron chi connectivity index (χ2n) is 4.38. The van der Waals surface area contributed by atoms with Gasteiger partial charge in [0, 0.05) is 12.8 Å². The van der Waals surface area contributed by atoms with Gasteiger partial charge in [0.1, 0.15) is 0 Å². The number of nitrogens with one attached hydrogen (secondary N) is 1. The maximum absolute atomic E-state index is 9.63. The number of rotatable bonds is 6. The molecule has 0 bridgehead atoms. The third-order valence-corrected chi connectivity index (χ3v) is 3.03. The fourth-order valence-electron chi connectivity index (χ4n) is 2.12. The molecule has 0 heterocycles. The molecule has 19 heavy (non-hydrogen) atoms. The molecule has 2 aromatic rings. The molecule has 3 nitrogen and oxygen atoms in total. The van der Waals surface area contributed by atoms with E-state index < -0.39 is 0 Å². The van der Waals surface area contributed by atoms with Crippen molar-refractivity contribution < 1.29 is 9.84 Å². The molecule has 0 saturated carbocycles. The van der Waals surface area contributed by atoms with E-state index in [0.717, 1.165) is 16.8 Å². The van der Waals surface area contributed by atoms with Gasteiger partial charge < -0.3 is 15.2 Å². The third-order valence-electron chi connectivity index (χ3n) is 3.03. The quantitative estimate of drug-likeness (QED) is 0.836. The van der Waals surface area contributed by atoms with E-state index >= 15 is 0 Å². The molecule has 0 radical (unpaired) electrons. The highest BCUT2D eigenvalue weighted by atomic mass is 16.5. The number of hydrogen-bond donors (Lipinski definition) is 2. The van der Waals surface area contributed by atoms with Crippen LogP contribution in [0.2, 0.25) is 0 Å². The van der Waals surface area contributed by atoms with Crippen molar-refractivity contribution in [1.29, 1.82) is 0 Å². The fraction of sp³-hybridized carbons (Fsp3) is 0.250. The van der Waals surface area contributed by atoms with E-state index in [1.54, 1.807) is 7.11 Å². The zero-order valence-electron chi connectivity index (χ0n) is 11.0. The molecule has 1 unspecified atom stereocenters. The van der Waals surface area contributed by atoms with Crippen molar-refractivity contribution >= 4 is 5.69 Å². The maximum Gasteiger partial charge on any atom is 0.0748 e. The molecule has 1 atom stereocenters. The molecule has 2 rings (SSSR count). The van der Waals surface area contributed by atoms with Crippen molar-refractivity contribution in [1.82, 2.24) is 0 Å². The van der Waals surface area contributed by atoms with Gasteiger partial charge in [-0.15, -0.1) is 0 Å². The Morgan fingerprint density at radius 1 is 1.05 bits per heavy atom. The molecule has 0 fully saturated rings. The van der Waals surface area contributed by atoms with Gasteiger partial charge in [-0.1, -0.05) is 42.5 Å². The van der Waals surface area contributed by atoms with Crippen LogP contribution < -0.4 is 5.32 Å². The van der Waals surface area contributed by atoms with E-state index in [2.05, 4.69) is 5.32 Å². The minimum absolute atomic E-state index is 0.0373. The molecule has 0 saturated heterocycles. The Labute approximate surface area is 113 Å². The number of anilines is 1. The van der Waals surface area contributed by atoms with Crippen LogP contribution in [-0.2, 0) is 11.3 Å². The molecule has 0 aliphatic rings. The van der Waals surface area contributed by atoms with Crippen LogP contribution in [0, 0.1) is 0 Å². The van der Waals surface area contributed by atoms with Gasteiger partial charge in [-0.3, -0.25) is 0 Å². The molecule has 3 heteroatoms. The monoisotopic (exact) mass is 257 g/mol. The summed E-state index contributed by atoms with van der Waals surface area (Å²) in [7, 11) is 1.68. The number of para-hydroxylation sites is 1. The lowest BCUT2D eigenvalue weighted by atomic mass is 10.0. The standard InChI is InChI=1S/C16H19NO2/c1-19-12-13-7-5-6-10-15(13)16(11-18)17-14-8-3-2-4-9-14/h2-10,16-18H,11-12H2,1H3. The van der Waals surface area contributed by atoms with Crippen LogP contribution in [0.15, 0.2) is 54.6 Å². The van der Waals surface area contributed by atoms with Crippen molar-refractivity contribution in [3.63, 3.8) is 0 Å². The first-order chi connectivity index (χ1) is 9.35. The van der Waals surface area contributed by atoms with E-state index in [0.29, 0.717) is 6.61 Å². The number of aliphatic hydroxyl groups excluding tert-OH is 1. The average Bonchev–Trinajstić information content (AvgIpc) is 2.47. The van der Waals surface area contributed by atoms with Gasteiger partial charge in [0.2, 0.25) is 0 Å². The van der Waals surface area contributed by atoms with E-state index in [1.165, 1.54) is 0 Å². The van der Waals surface area contributed by atoms with Gasteiger partial charge in [-0.25, -0.2) is 0 Å². The summed E-state index contributed by atoms with van der Waals surface area (Å²) in [6.45, 7) is 0.582. The van der Waals surface area contributed by atoms with Crippen LogP contribution in [0.4, 0.5) is 5.69 Å². The Hall–Kier alpha value is -1.84. The Kier molecular flexibility index (Phi) is 4.95. The van der Waals surface area contributed by atoms with E-state index in [4.69, 9.17) is 4.74 Å². The summed E-state index contributed by atoms with van der Waals surface area (Å²) in [5, 5.41) is 13.0. The summed E-state index contributed by atoms with van der Waals surface area (Å²) in [4.78, 5) is 0. The highest BCUT2D eigenvalue weighted by Gasteiger charge is 2.13. The van der Waals surface area contributed by atoms with Crippen LogP contribution in [-0.4, -0.2) is 18.8 Å². The lowest BCUT2D eigenvalue weighted by Crippen LogP contribution is -2.16. The second-order valence-corrected chi connectivity index (χ2v) is 4.38. The van der Waals surface area contributed by atoms with Gasteiger partial charge in [-0.05, 0) is 23.3 Å². The van der Waals surface area contributed by atoms with Crippen LogP contribution in [0.3, 0.4) is 0 Å². The van der Waals surface area contributed by atoms with Crippen molar-refractivity contribution in [2.24, 2.45) is 0 Å². The minimum Gasteiger partial charge on any atom is -0.394 e. The highest BCUT2D eigenvalue weighted by Crippen LogP contribution is 2.23. The first-order valence-electron chi connectivity index (χ1n) is 6.34. The first kappa shape index (κ1) is 13.6. The second kappa shape index (κ2) is 6.92. The van der Waals surface area contributed by atoms with Crippen LogP contribution in [0.1, 0.15) is 17.2 Å². The van der Waals surface area contributed by atoms with Gasteiger partial charge in [0.05, 0.1) is 19.3 Å². The predicted octanol–water partition coefficient (Wildman–Crippen LogP) is 2.98. The molecule has 0 aliphatic carbocycles. The van der Waals surface area contributed by atoms with Gasteiger partial charge >= 0.3 is 0 Å². The van der Waals surface area contributed by atoms with Crippen molar-refractivity contribution in [3.8, 4) is 0 Å². The van der Waals surface area contributed by atoms with E-state index in [9.17, 15) is 5.11 Å². The Balaban J connectivity index is 2.22. The SMILES string of the molecule is COCc1ccccc1C(CO)Nc1ccccc1. The first-order valence-corrected chi connectivity index (χ1v) is 6.34. The zero-order valence-corrected chi connectivity index (χ0v) is 11.0. The Bertz CT molecular complexity index is 499. The number of ether oxygens (including phenoxy) is 1. The Morgan fingerprint density at radius 3 is 2.42 bits per heavy atom. The maximum atomic E-state index is 9.63. The average molecular weight is 257 g/mol. The fourth-order valence-corrected chi connectivity index (χ4v) is 2.12. The van der Waals surface area contributed by atoms with Crippen molar-refractivity contribution in [3.05, 3.63) is 65.7 Å². The lowest BCUT2D eigenvalue weighted by molar-refractivity contribution is 0.183. The van der Waals surface area contributed by atoms with Gasteiger partial charge in [0.25, 0.3) is 0 Å². The van der Waals surface area contributed by atoms with Crippen molar-refractivity contribution in [2.45, 2.75) is 12.6 Å². The predicted molar refractivity (Wildman–Crippen MR) is 77.0 cm³/mol. The van der Waals surface area contributed by atoms with Crippen LogP contribution in [0.25, 0.3) is 0 Å². The summed E-state index contributed by atoms with van der Waals surface area (Å²) < 4.78 is 5.20. The van der Waals surface area contributed by atoms with Crippen molar-refractivity contribution in [2.75, 3.05) is 19.0 Å². The normalized spacial score (nSPS) is 12.1. The molecule has 2 aromatic carbocycles. The van der Waals surface area contributed by atoms with Crippen LogP contribution in [0.5, 0.6) is 0 Å². The molecular weight excluding hydrogens is 238 g/mol. The highest BCUT2D eigenvalue weighted by molar-refractivity contribution is 5.46. The molecule has 0 aromatic heterocycles. The minimum atomic E-state index is -0.131. The number of methoxy groups -OCH3 is 1. The Morgan fingerprint density at radius 2 is 1.74 bits per heavy atom. The van der Waals surface area contributed by atoms with Crippen LogP contribution >= 0.6 is 0 Å². The molecule has 0 spiro atoms. The summed E-state index contributed by atoms with van der Waals surface area (Å²) in [5.74, 6) is 0. The summed E-state index contributed by atoms with van der Waals surface area (Å²) >= 11 is 0. The third kappa shape index (κ3) is 3.56. The summed E-state index contributed by atoms with van der Waals surface area (Å²) in [5.41, 5.74) is 3.15. The number of hydrogen-bond acceptors (Lipinski definition) is 3. The molecule has 100 valence electrons. The largest absolute Gasteiger partial charge is 0.394 e. The molecule has 0 amide bonds. The molecular formula is C16H19NO2. The van der Waals surface area contributed by atoms with E-state index in [-0.39, 0.29) is 12.6 Å². The number of aliphatic hydroxyl groups is 1. The smallest absolute Gasteiger partial charge is 0.0748 e. The molecule has 0 aliphatic heterocycles. The lowest BCUT2D eigenvalue weighted by Gasteiger charge is -2.21. The topological polar surface area (TPSA) is 41.5 Å². The summed E-state index contributed by atoms with van der Waals surface area (Å²) in [6, 6.07) is 17.8. The summed E-state index contributed by atoms with van der Waals surface area (Å²) in [6.07, 6.45) is 0. The van der Waals surface area contributed by atoms with Gasteiger partial charge in [0.15, 0.2) is 0 Å².